The Morgan fingerprint density at radius 2 is 2.12 bits per heavy atom. The van der Waals surface area contributed by atoms with E-state index in [0.717, 1.165) is 0 Å². The van der Waals surface area contributed by atoms with Crippen molar-refractivity contribution in [2.45, 2.75) is 6.61 Å². The predicted octanol–water partition coefficient (Wildman–Crippen LogP) is 3.61. The number of nitro groups is 1. The summed E-state index contributed by atoms with van der Waals surface area (Å²) in [6.45, 7) is 0.269. The fourth-order valence-corrected chi connectivity index (χ4v) is 3.08. The van der Waals surface area contributed by atoms with E-state index in [2.05, 4.69) is 5.32 Å². The average molecular weight is 359 g/mol. The van der Waals surface area contributed by atoms with Gasteiger partial charge in [0.05, 0.1) is 17.2 Å². The molecule has 0 fully saturated rings. The molecule has 2 aliphatic heterocycles. The Bertz CT molecular complexity index is 954. The standard InChI is InChI=1S/C17H11ClN2O5/c18-11-1-2-13-14(17(21)19-15(13)6-11)5-9-3-12(20(22)23)4-10-7-24-8-25-16(9)10/h1-6H,7-8H2,(H,19,21)/b14-5+. The van der Waals surface area contributed by atoms with Gasteiger partial charge in [0.25, 0.3) is 11.6 Å². The molecule has 0 aromatic heterocycles. The van der Waals surface area contributed by atoms with Crippen LogP contribution in [0.3, 0.4) is 0 Å². The molecule has 2 aromatic rings. The lowest BCUT2D eigenvalue weighted by molar-refractivity contribution is -0.385. The van der Waals surface area contributed by atoms with Crippen molar-refractivity contribution in [1.82, 2.24) is 0 Å². The summed E-state index contributed by atoms with van der Waals surface area (Å²) < 4.78 is 10.7. The molecule has 2 heterocycles. The Morgan fingerprint density at radius 3 is 2.92 bits per heavy atom. The molecular weight excluding hydrogens is 348 g/mol. The van der Waals surface area contributed by atoms with Gasteiger partial charge in [0.15, 0.2) is 6.79 Å². The van der Waals surface area contributed by atoms with Gasteiger partial charge in [0.1, 0.15) is 5.75 Å². The molecule has 1 N–H and O–H groups in total. The maximum Gasteiger partial charge on any atom is 0.270 e. The van der Waals surface area contributed by atoms with Crippen molar-refractivity contribution in [2.75, 3.05) is 12.1 Å². The van der Waals surface area contributed by atoms with E-state index >= 15 is 0 Å². The number of hydrogen-bond donors (Lipinski definition) is 1. The molecule has 0 unspecified atom stereocenters. The molecule has 0 radical (unpaired) electrons. The van der Waals surface area contributed by atoms with Crippen LogP contribution in [0.5, 0.6) is 5.75 Å². The summed E-state index contributed by atoms with van der Waals surface area (Å²) >= 11 is 5.95. The van der Waals surface area contributed by atoms with Gasteiger partial charge in [-0.15, -0.1) is 0 Å². The maximum absolute atomic E-state index is 12.3. The molecule has 25 heavy (non-hydrogen) atoms. The van der Waals surface area contributed by atoms with E-state index in [9.17, 15) is 14.9 Å². The van der Waals surface area contributed by atoms with Gasteiger partial charge < -0.3 is 14.8 Å². The number of carbonyl (C=O) groups is 1. The van der Waals surface area contributed by atoms with Crippen molar-refractivity contribution in [1.29, 1.82) is 0 Å². The highest BCUT2D eigenvalue weighted by Crippen LogP contribution is 2.39. The van der Waals surface area contributed by atoms with Crippen LogP contribution in [-0.4, -0.2) is 17.6 Å². The van der Waals surface area contributed by atoms with Crippen LogP contribution in [0.1, 0.15) is 16.7 Å². The van der Waals surface area contributed by atoms with Crippen LogP contribution >= 0.6 is 11.6 Å². The van der Waals surface area contributed by atoms with E-state index in [1.165, 1.54) is 12.1 Å². The topological polar surface area (TPSA) is 90.7 Å². The minimum absolute atomic E-state index is 0.0549. The number of hydrogen-bond acceptors (Lipinski definition) is 5. The summed E-state index contributed by atoms with van der Waals surface area (Å²) in [7, 11) is 0. The molecule has 7 nitrogen and oxygen atoms in total. The van der Waals surface area contributed by atoms with E-state index in [1.807, 2.05) is 0 Å². The summed E-state index contributed by atoms with van der Waals surface area (Å²) in [5.41, 5.74) is 2.62. The van der Waals surface area contributed by atoms with Crippen LogP contribution in [-0.2, 0) is 16.1 Å². The summed E-state index contributed by atoms with van der Waals surface area (Å²) in [6, 6.07) is 7.87. The minimum Gasteiger partial charge on any atom is -0.467 e. The molecule has 2 aromatic carbocycles. The SMILES string of the molecule is O=C1Nc2cc(Cl)ccc2/C1=C\c1cc([N+](=O)[O-])cc2c1OCOC2. The second kappa shape index (κ2) is 5.87. The van der Waals surface area contributed by atoms with Gasteiger partial charge in [-0.25, -0.2) is 0 Å². The predicted molar refractivity (Wildman–Crippen MR) is 91.3 cm³/mol. The lowest BCUT2D eigenvalue weighted by Gasteiger charge is -2.19. The average Bonchev–Trinajstić information content (AvgIpc) is 2.89. The molecular formula is C17H11ClN2O5. The van der Waals surface area contributed by atoms with E-state index < -0.39 is 4.92 Å². The van der Waals surface area contributed by atoms with Gasteiger partial charge >= 0.3 is 0 Å². The van der Waals surface area contributed by atoms with Crippen molar-refractivity contribution in [3.05, 3.63) is 62.2 Å². The summed E-state index contributed by atoms with van der Waals surface area (Å²) in [5.74, 6) is 0.184. The van der Waals surface area contributed by atoms with Crippen LogP contribution in [0, 0.1) is 10.1 Å². The lowest BCUT2D eigenvalue weighted by Crippen LogP contribution is -2.13. The first-order valence-electron chi connectivity index (χ1n) is 7.38. The van der Waals surface area contributed by atoms with E-state index in [1.54, 1.807) is 24.3 Å². The fourth-order valence-electron chi connectivity index (χ4n) is 2.91. The number of nitrogens with zero attached hydrogens (tertiary/aromatic N) is 1. The molecule has 0 spiro atoms. The van der Waals surface area contributed by atoms with Gasteiger partial charge in [-0.05, 0) is 18.2 Å². The summed E-state index contributed by atoms with van der Waals surface area (Å²) in [6.07, 6.45) is 1.59. The largest absolute Gasteiger partial charge is 0.467 e. The Labute approximate surface area is 147 Å². The normalized spacial score (nSPS) is 16.8. The number of amides is 1. The molecule has 2 aliphatic rings. The Kier molecular flexibility index (Phi) is 3.67. The molecule has 0 saturated heterocycles. The van der Waals surface area contributed by atoms with Gasteiger partial charge in [-0.2, -0.15) is 0 Å². The Morgan fingerprint density at radius 1 is 1.28 bits per heavy atom. The molecule has 126 valence electrons. The molecule has 0 atom stereocenters. The number of nitrogens with one attached hydrogen (secondary N) is 1. The number of halogens is 1. The second-order valence-electron chi connectivity index (χ2n) is 5.59. The molecule has 0 bridgehead atoms. The number of ether oxygens (including phenoxy) is 2. The highest BCUT2D eigenvalue weighted by molar-refractivity contribution is 6.36. The summed E-state index contributed by atoms with van der Waals surface area (Å²) in [5, 5.41) is 14.4. The van der Waals surface area contributed by atoms with Crippen LogP contribution in [0.2, 0.25) is 5.02 Å². The number of nitro benzene ring substituents is 1. The highest BCUT2D eigenvalue weighted by atomic mass is 35.5. The van der Waals surface area contributed by atoms with Gasteiger partial charge in [0, 0.05) is 39.4 Å². The van der Waals surface area contributed by atoms with Crippen molar-refractivity contribution < 1.29 is 19.2 Å². The molecule has 0 saturated carbocycles. The number of non-ortho nitro benzene ring substituents is 1. The monoisotopic (exact) mass is 358 g/mol. The first kappa shape index (κ1) is 15.6. The van der Waals surface area contributed by atoms with Crippen molar-refractivity contribution >= 4 is 40.5 Å². The molecule has 1 amide bonds. The minimum atomic E-state index is -0.487. The van der Waals surface area contributed by atoms with Gasteiger partial charge in [0.2, 0.25) is 0 Å². The number of benzene rings is 2. The number of fused-ring (bicyclic) bond motifs is 2. The zero-order chi connectivity index (χ0) is 17.6. The zero-order valence-corrected chi connectivity index (χ0v) is 13.5. The third kappa shape index (κ3) is 2.73. The number of rotatable bonds is 2. The third-order valence-corrected chi connectivity index (χ3v) is 4.23. The van der Waals surface area contributed by atoms with Crippen molar-refractivity contribution in [2.24, 2.45) is 0 Å². The molecule has 4 rings (SSSR count). The highest BCUT2D eigenvalue weighted by Gasteiger charge is 2.26. The smallest absolute Gasteiger partial charge is 0.270 e. The third-order valence-electron chi connectivity index (χ3n) is 4.00. The second-order valence-corrected chi connectivity index (χ2v) is 6.03. The number of carbonyl (C=O) groups excluding carboxylic acids is 1. The van der Waals surface area contributed by atoms with Gasteiger partial charge in [-0.3, -0.25) is 14.9 Å². The van der Waals surface area contributed by atoms with Crippen LogP contribution in [0.25, 0.3) is 11.6 Å². The Balaban J connectivity index is 1.88. The first-order chi connectivity index (χ1) is 12.0. The van der Waals surface area contributed by atoms with E-state index in [-0.39, 0.29) is 25.0 Å². The molecule has 0 aliphatic carbocycles. The molecule has 8 heteroatoms. The van der Waals surface area contributed by atoms with Gasteiger partial charge in [-0.1, -0.05) is 17.7 Å². The van der Waals surface area contributed by atoms with Crippen LogP contribution in [0.4, 0.5) is 11.4 Å². The lowest BCUT2D eigenvalue weighted by atomic mass is 10.0. The fraction of sp³-hybridized carbons (Fsp3) is 0.118. The summed E-state index contributed by atoms with van der Waals surface area (Å²) in [4.78, 5) is 23.0. The zero-order valence-electron chi connectivity index (χ0n) is 12.7. The van der Waals surface area contributed by atoms with Crippen LogP contribution in [0.15, 0.2) is 30.3 Å². The van der Waals surface area contributed by atoms with Crippen molar-refractivity contribution in [3.63, 3.8) is 0 Å². The number of anilines is 1. The van der Waals surface area contributed by atoms with Crippen molar-refractivity contribution in [3.8, 4) is 5.75 Å². The first-order valence-corrected chi connectivity index (χ1v) is 7.75. The van der Waals surface area contributed by atoms with E-state index in [0.29, 0.717) is 38.7 Å². The quantitative estimate of drug-likeness (QED) is 0.503. The maximum atomic E-state index is 12.3. The van der Waals surface area contributed by atoms with E-state index in [4.69, 9.17) is 21.1 Å². The van der Waals surface area contributed by atoms with Crippen LogP contribution < -0.4 is 10.1 Å². The Hall–Kier alpha value is -2.90.